The molecular formula is C27H38N4O. The van der Waals surface area contributed by atoms with Gasteiger partial charge in [-0.25, -0.2) is 0 Å². The van der Waals surface area contributed by atoms with Crippen LogP contribution >= 0.6 is 0 Å². The van der Waals surface area contributed by atoms with Crippen LogP contribution in [-0.4, -0.2) is 49.5 Å². The largest absolute Gasteiger partial charge is 0.357 e. The van der Waals surface area contributed by atoms with E-state index in [0.717, 1.165) is 38.6 Å². The minimum absolute atomic E-state index is 0.0480. The Morgan fingerprint density at radius 3 is 2.50 bits per heavy atom. The van der Waals surface area contributed by atoms with Crippen LogP contribution < -0.4 is 10.6 Å². The van der Waals surface area contributed by atoms with Gasteiger partial charge in [-0.1, -0.05) is 74.0 Å². The third kappa shape index (κ3) is 6.84. The first-order chi connectivity index (χ1) is 15.4. The standard InChI is InChI=1S/C27H38N4O/c1-5-28-26(30-20-27(3,4)24-13-11-21(2)12-14-24)29-18-23-17-25(32)31(19-23)16-15-22-9-7-6-8-10-22/h6-14,23H,5,15-20H2,1-4H3,(H2,28,29,30). The molecular weight excluding hydrogens is 396 g/mol. The summed E-state index contributed by atoms with van der Waals surface area (Å²) in [5, 5.41) is 6.82. The van der Waals surface area contributed by atoms with E-state index in [1.54, 1.807) is 0 Å². The van der Waals surface area contributed by atoms with Crippen LogP contribution in [0.2, 0.25) is 0 Å². The van der Waals surface area contributed by atoms with Crippen molar-refractivity contribution in [2.45, 2.75) is 46.0 Å². The van der Waals surface area contributed by atoms with Crippen molar-refractivity contribution < 1.29 is 4.79 Å². The number of aliphatic imine (C=N–C) groups is 1. The number of rotatable bonds is 9. The Kier molecular flexibility index (Phi) is 8.32. The molecule has 0 aliphatic carbocycles. The van der Waals surface area contributed by atoms with Gasteiger partial charge in [0.2, 0.25) is 5.91 Å². The van der Waals surface area contributed by atoms with Crippen molar-refractivity contribution in [3.8, 4) is 0 Å². The average Bonchev–Trinajstić information content (AvgIpc) is 3.14. The first-order valence-corrected chi connectivity index (χ1v) is 11.8. The lowest BCUT2D eigenvalue weighted by Crippen LogP contribution is -2.41. The summed E-state index contributed by atoms with van der Waals surface area (Å²) in [7, 11) is 0. The van der Waals surface area contributed by atoms with Crippen LogP contribution in [0.1, 0.15) is 43.9 Å². The monoisotopic (exact) mass is 434 g/mol. The minimum Gasteiger partial charge on any atom is -0.357 e. The third-order valence-electron chi connectivity index (χ3n) is 6.18. The summed E-state index contributed by atoms with van der Waals surface area (Å²) in [4.78, 5) is 19.3. The molecule has 2 aromatic rings. The fourth-order valence-corrected chi connectivity index (χ4v) is 4.07. The maximum Gasteiger partial charge on any atom is 0.223 e. The first-order valence-electron chi connectivity index (χ1n) is 11.8. The van der Waals surface area contributed by atoms with E-state index in [1.165, 1.54) is 16.7 Å². The fraction of sp³-hybridized carbons (Fsp3) is 0.481. The Bertz CT molecular complexity index is 890. The maximum absolute atomic E-state index is 12.5. The second kappa shape index (κ2) is 11.2. The molecule has 1 fully saturated rings. The number of benzene rings is 2. The number of amides is 1. The van der Waals surface area contributed by atoms with E-state index >= 15 is 0 Å². The lowest BCUT2D eigenvalue weighted by atomic mass is 9.84. The van der Waals surface area contributed by atoms with Gasteiger partial charge in [0.1, 0.15) is 0 Å². The molecule has 5 heteroatoms. The second-order valence-electron chi connectivity index (χ2n) is 9.47. The number of nitrogens with zero attached hydrogens (tertiary/aromatic N) is 2. The number of likely N-dealkylation sites (tertiary alicyclic amines) is 1. The maximum atomic E-state index is 12.5. The molecule has 5 nitrogen and oxygen atoms in total. The van der Waals surface area contributed by atoms with Gasteiger partial charge in [0.05, 0.1) is 6.54 Å². The summed E-state index contributed by atoms with van der Waals surface area (Å²) in [6, 6.07) is 19.1. The molecule has 1 aliphatic rings. The summed E-state index contributed by atoms with van der Waals surface area (Å²) >= 11 is 0. The van der Waals surface area contributed by atoms with Gasteiger partial charge in [0.15, 0.2) is 5.96 Å². The van der Waals surface area contributed by atoms with Gasteiger partial charge in [-0.3, -0.25) is 9.79 Å². The number of nitrogens with one attached hydrogen (secondary N) is 2. The number of carbonyl (C=O) groups is 1. The number of hydrogen-bond acceptors (Lipinski definition) is 2. The molecule has 0 saturated carbocycles. The summed E-state index contributed by atoms with van der Waals surface area (Å²) < 4.78 is 0. The van der Waals surface area contributed by atoms with Gasteiger partial charge >= 0.3 is 0 Å². The zero-order valence-electron chi connectivity index (χ0n) is 20.0. The van der Waals surface area contributed by atoms with Gasteiger partial charge in [-0.05, 0) is 31.4 Å². The molecule has 0 spiro atoms. The Labute approximate surface area is 193 Å². The van der Waals surface area contributed by atoms with Gasteiger partial charge in [0.25, 0.3) is 0 Å². The van der Waals surface area contributed by atoms with Crippen molar-refractivity contribution in [3.63, 3.8) is 0 Å². The van der Waals surface area contributed by atoms with Crippen molar-refractivity contribution >= 4 is 11.9 Å². The van der Waals surface area contributed by atoms with E-state index in [9.17, 15) is 4.79 Å². The van der Waals surface area contributed by atoms with E-state index in [2.05, 4.69) is 86.9 Å². The predicted molar refractivity (Wildman–Crippen MR) is 133 cm³/mol. The molecule has 32 heavy (non-hydrogen) atoms. The van der Waals surface area contributed by atoms with Crippen molar-refractivity contribution in [1.82, 2.24) is 15.5 Å². The smallest absolute Gasteiger partial charge is 0.223 e. The van der Waals surface area contributed by atoms with E-state index in [-0.39, 0.29) is 11.3 Å². The quantitative estimate of drug-likeness (QED) is 0.465. The topological polar surface area (TPSA) is 56.7 Å². The third-order valence-corrected chi connectivity index (χ3v) is 6.18. The first kappa shape index (κ1) is 23.8. The van der Waals surface area contributed by atoms with Gasteiger partial charge in [0, 0.05) is 43.9 Å². The Morgan fingerprint density at radius 2 is 1.81 bits per heavy atom. The Balaban J connectivity index is 1.51. The molecule has 0 radical (unpaired) electrons. The van der Waals surface area contributed by atoms with Crippen LogP contribution in [0.15, 0.2) is 59.6 Å². The van der Waals surface area contributed by atoms with Crippen molar-refractivity contribution in [2.75, 3.05) is 32.7 Å². The summed E-state index contributed by atoms with van der Waals surface area (Å²) in [5.41, 5.74) is 3.79. The van der Waals surface area contributed by atoms with Gasteiger partial charge < -0.3 is 15.5 Å². The molecule has 172 valence electrons. The van der Waals surface area contributed by atoms with Crippen LogP contribution in [0.5, 0.6) is 0 Å². The zero-order valence-corrected chi connectivity index (χ0v) is 20.0. The number of guanidine groups is 1. The lowest BCUT2D eigenvalue weighted by molar-refractivity contribution is -0.127. The molecule has 1 heterocycles. The second-order valence-corrected chi connectivity index (χ2v) is 9.47. The van der Waals surface area contributed by atoms with Crippen molar-refractivity contribution in [1.29, 1.82) is 0 Å². The number of aryl methyl sites for hydroxylation is 1. The molecule has 2 N–H and O–H groups in total. The summed E-state index contributed by atoms with van der Waals surface area (Å²) in [5.74, 6) is 1.39. The van der Waals surface area contributed by atoms with E-state index in [4.69, 9.17) is 4.99 Å². The molecule has 0 aromatic heterocycles. The molecule has 1 amide bonds. The molecule has 3 rings (SSSR count). The highest BCUT2D eigenvalue weighted by molar-refractivity contribution is 5.81. The summed E-state index contributed by atoms with van der Waals surface area (Å²) in [6.45, 7) is 12.5. The highest BCUT2D eigenvalue weighted by Gasteiger charge is 2.29. The molecule has 0 bridgehead atoms. The van der Waals surface area contributed by atoms with Crippen molar-refractivity contribution in [3.05, 3.63) is 71.3 Å². The molecule has 1 unspecified atom stereocenters. The SMILES string of the molecule is CCNC(=NCC(C)(C)c1ccc(C)cc1)NCC1CC(=O)N(CCc2ccccc2)C1. The number of hydrogen-bond donors (Lipinski definition) is 2. The highest BCUT2D eigenvalue weighted by atomic mass is 16.2. The van der Waals surface area contributed by atoms with Crippen LogP contribution in [0.3, 0.4) is 0 Å². The average molecular weight is 435 g/mol. The molecule has 1 aliphatic heterocycles. The molecule has 2 aromatic carbocycles. The van der Waals surface area contributed by atoms with E-state index in [0.29, 0.717) is 18.9 Å². The predicted octanol–water partition coefficient (Wildman–Crippen LogP) is 3.92. The number of carbonyl (C=O) groups excluding carboxylic acids is 1. The summed E-state index contributed by atoms with van der Waals surface area (Å²) in [6.07, 6.45) is 1.51. The zero-order chi connectivity index (χ0) is 23.0. The fourth-order valence-electron chi connectivity index (χ4n) is 4.07. The highest BCUT2D eigenvalue weighted by Crippen LogP contribution is 2.24. The van der Waals surface area contributed by atoms with E-state index < -0.39 is 0 Å². The van der Waals surface area contributed by atoms with Crippen LogP contribution in [0, 0.1) is 12.8 Å². The van der Waals surface area contributed by atoms with Gasteiger partial charge in [-0.2, -0.15) is 0 Å². The normalized spacial score (nSPS) is 17.0. The Morgan fingerprint density at radius 1 is 1.09 bits per heavy atom. The van der Waals surface area contributed by atoms with Crippen LogP contribution in [0.4, 0.5) is 0 Å². The van der Waals surface area contributed by atoms with E-state index in [1.807, 2.05) is 11.0 Å². The van der Waals surface area contributed by atoms with Crippen LogP contribution in [0.25, 0.3) is 0 Å². The lowest BCUT2D eigenvalue weighted by Gasteiger charge is -2.24. The van der Waals surface area contributed by atoms with Crippen molar-refractivity contribution in [2.24, 2.45) is 10.9 Å². The molecule has 1 saturated heterocycles. The minimum atomic E-state index is -0.0480. The molecule has 1 atom stereocenters. The van der Waals surface area contributed by atoms with Gasteiger partial charge in [-0.15, -0.1) is 0 Å². The van der Waals surface area contributed by atoms with Crippen LogP contribution in [-0.2, 0) is 16.6 Å². The Hall–Kier alpha value is -2.82.